The molecule has 0 atom stereocenters. The Morgan fingerprint density at radius 3 is 2.67 bits per heavy atom. The van der Waals surface area contributed by atoms with Crippen LogP contribution in [0.3, 0.4) is 0 Å². The molecule has 0 spiro atoms. The van der Waals surface area contributed by atoms with Gasteiger partial charge in [0.15, 0.2) is 0 Å². The average Bonchev–Trinajstić information content (AvgIpc) is 2.54. The smallest absolute Gasteiger partial charge is 0.330 e. The Hall–Kier alpha value is -1.85. The number of hydrogen-bond donors (Lipinski definition) is 0. The molecule has 2 rings (SSSR count). The summed E-state index contributed by atoms with van der Waals surface area (Å²) < 4.78 is 15.5. The number of nitrogens with zero attached hydrogens (tertiary/aromatic N) is 1. The van der Waals surface area contributed by atoms with E-state index in [0.717, 1.165) is 44.2 Å². The molecular formula is C16H21NO4. The summed E-state index contributed by atoms with van der Waals surface area (Å²) >= 11 is 0. The molecule has 1 aliphatic heterocycles. The van der Waals surface area contributed by atoms with Crippen molar-refractivity contribution >= 4 is 12.0 Å². The number of morpholine rings is 1. The number of ether oxygens (including phenoxy) is 3. The van der Waals surface area contributed by atoms with Crippen LogP contribution in [0.2, 0.25) is 0 Å². The van der Waals surface area contributed by atoms with Crippen LogP contribution in [0.4, 0.5) is 0 Å². The highest BCUT2D eigenvalue weighted by Crippen LogP contribution is 2.12. The lowest BCUT2D eigenvalue weighted by atomic mass is 10.2. The van der Waals surface area contributed by atoms with Crippen LogP contribution in [0.25, 0.3) is 6.08 Å². The zero-order chi connectivity index (χ0) is 14.9. The van der Waals surface area contributed by atoms with E-state index in [1.165, 1.54) is 6.08 Å². The molecule has 0 saturated carbocycles. The van der Waals surface area contributed by atoms with E-state index < -0.39 is 0 Å². The van der Waals surface area contributed by atoms with Crippen LogP contribution in [0, 0.1) is 0 Å². The molecule has 1 aromatic rings. The Morgan fingerprint density at radius 2 is 2.00 bits per heavy atom. The molecule has 1 aliphatic rings. The lowest BCUT2D eigenvalue weighted by molar-refractivity contribution is -0.138. The predicted octanol–water partition coefficient (Wildman–Crippen LogP) is 1.58. The summed E-state index contributed by atoms with van der Waals surface area (Å²) in [5, 5.41) is 0. The van der Waals surface area contributed by atoms with Crippen molar-refractivity contribution in [1.82, 2.24) is 4.90 Å². The third kappa shape index (κ3) is 5.57. The van der Waals surface area contributed by atoms with E-state index in [1.807, 2.05) is 24.3 Å². The largest absolute Gasteiger partial charge is 0.497 e. The first-order valence-electron chi connectivity index (χ1n) is 7.07. The van der Waals surface area contributed by atoms with Gasteiger partial charge in [-0.05, 0) is 23.8 Å². The monoisotopic (exact) mass is 291 g/mol. The van der Waals surface area contributed by atoms with Gasteiger partial charge in [0.2, 0.25) is 0 Å². The molecule has 0 amide bonds. The van der Waals surface area contributed by atoms with Gasteiger partial charge in [-0.1, -0.05) is 12.1 Å². The van der Waals surface area contributed by atoms with Crippen LogP contribution in [0.5, 0.6) is 5.75 Å². The van der Waals surface area contributed by atoms with E-state index in [1.54, 1.807) is 13.2 Å². The average molecular weight is 291 g/mol. The van der Waals surface area contributed by atoms with E-state index in [0.29, 0.717) is 6.61 Å². The molecule has 0 unspecified atom stereocenters. The zero-order valence-electron chi connectivity index (χ0n) is 12.3. The van der Waals surface area contributed by atoms with Gasteiger partial charge in [-0.2, -0.15) is 0 Å². The highest BCUT2D eigenvalue weighted by molar-refractivity contribution is 5.87. The number of methoxy groups -OCH3 is 1. The second-order valence-corrected chi connectivity index (χ2v) is 4.73. The highest BCUT2D eigenvalue weighted by Gasteiger charge is 2.10. The van der Waals surface area contributed by atoms with Gasteiger partial charge in [-0.15, -0.1) is 0 Å². The first-order chi connectivity index (χ1) is 10.3. The fourth-order valence-corrected chi connectivity index (χ4v) is 2.03. The lowest BCUT2D eigenvalue weighted by Gasteiger charge is -2.25. The minimum Gasteiger partial charge on any atom is -0.497 e. The van der Waals surface area contributed by atoms with Crippen molar-refractivity contribution in [2.45, 2.75) is 0 Å². The molecule has 114 valence electrons. The summed E-state index contributed by atoms with van der Waals surface area (Å²) in [5.74, 6) is 0.472. The van der Waals surface area contributed by atoms with Crippen LogP contribution in [0.15, 0.2) is 30.3 Å². The number of esters is 1. The van der Waals surface area contributed by atoms with Crippen LogP contribution in [0.1, 0.15) is 5.56 Å². The molecule has 1 saturated heterocycles. The quantitative estimate of drug-likeness (QED) is 0.588. The standard InChI is InChI=1S/C16H21NO4/c1-19-15-5-2-14(3-6-15)4-7-16(18)21-13-10-17-8-11-20-12-9-17/h2-7H,8-13H2,1H3. The first-order valence-corrected chi connectivity index (χ1v) is 7.07. The molecule has 1 aromatic carbocycles. The summed E-state index contributed by atoms with van der Waals surface area (Å²) in [6.07, 6.45) is 3.18. The van der Waals surface area contributed by atoms with Gasteiger partial charge >= 0.3 is 5.97 Å². The summed E-state index contributed by atoms with van der Waals surface area (Å²) in [6, 6.07) is 7.47. The maximum atomic E-state index is 11.6. The Bertz CT molecular complexity index is 464. The van der Waals surface area contributed by atoms with E-state index in [4.69, 9.17) is 14.2 Å². The summed E-state index contributed by atoms with van der Waals surface area (Å²) in [7, 11) is 1.62. The van der Waals surface area contributed by atoms with Crippen molar-refractivity contribution in [1.29, 1.82) is 0 Å². The fraction of sp³-hybridized carbons (Fsp3) is 0.438. The summed E-state index contributed by atoms with van der Waals surface area (Å²) in [5.41, 5.74) is 0.931. The Balaban J connectivity index is 1.69. The van der Waals surface area contributed by atoms with Crippen molar-refractivity contribution < 1.29 is 19.0 Å². The van der Waals surface area contributed by atoms with Crippen molar-refractivity contribution in [2.75, 3.05) is 46.6 Å². The van der Waals surface area contributed by atoms with Crippen LogP contribution < -0.4 is 4.74 Å². The van der Waals surface area contributed by atoms with Crippen LogP contribution in [-0.4, -0.2) is 57.4 Å². The topological polar surface area (TPSA) is 48.0 Å². The van der Waals surface area contributed by atoms with Gasteiger partial charge in [0.1, 0.15) is 12.4 Å². The second kappa shape index (κ2) is 8.44. The molecule has 0 N–H and O–H groups in total. The zero-order valence-corrected chi connectivity index (χ0v) is 12.3. The number of carbonyl (C=O) groups excluding carboxylic acids is 1. The molecule has 0 radical (unpaired) electrons. The Kier molecular flexibility index (Phi) is 6.24. The highest BCUT2D eigenvalue weighted by atomic mass is 16.5. The van der Waals surface area contributed by atoms with Gasteiger partial charge < -0.3 is 14.2 Å². The summed E-state index contributed by atoms with van der Waals surface area (Å²) in [6.45, 7) is 4.48. The minimum absolute atomic E-state index is 0.320. The van der Waals surface area contributed by atoms with Gasteiger partial charge in [0, 0.05) is 25.7 Å². The number of benzene rings is 1. The van der Waals surface area contributed by atoms with Crippen LogP contribution in [-0.2, 0) is 14.3 Å². The van der Waals surface area contributed by atoms with Crippen molar-refractivity contribution in [3.63, 3.8) is 0 Å². The third-order valence-electron chi connectivity index (χ3n) is 3.28. The van der Waals surface area contributed by atoms with Gasteiger partial charge in [-0.25, -0.2) is 4.79 Å². The lowest BCUT2D eigenvalue weighted by Crippen LogP contribution is -2.38. The minimum atomic E-state index is -0.320. The molecule has 21 heavy (non-hydrogen) atoms. The third-order valence-corrected chi connectivity index (χ3v) is 3.28. The number of hydrogen-bond acceptors (Lipinski definition) is 5. The molecule has 1 fully saturated rings. The van der Waals surface area contributed by atoms with E-state index in [2.05, 4.69) is 4.90 Å². The SMILES string of the molecule is COc1ccc(C=CC(=O)OCCN2CCOCC2)cc1. The predicted molar refractivity (Wildman–Crippen MR) is 80.2 cm³/mol. The van der Waals surface area contributed by atoms with Gasteiger partial charge in [0.05, 0.1) is 20.3 Å². The first kappa shape index (κ1) is 15.5. The Labute approximate surface area is 125 Å². The van der Waals surface area contributed by atoms with E-state index in [9.17, 15) is 4.79 Å². The van der Waals surface area contributed by atoms with Crippen molar-refractivity contribution in [3.8, 4) is 5.75 Å². The Morgan fingerprint density at radius 1 is 1.29 bits per heavy atom. The molecule has 5 nitrogen and oxygen atoms in total. The van der Waals surface area contributed by atoms with Gasteiger partial charge in [-0.3, -0.25) is 4.90 Å². The maximum Gasteiger partial charge on any atom is 0.330 e. The van der Waals surface area contributed by atoms with Crippen molar-refractivity contribution in [2.24, 2.45) is 0 Å². The molecular weight excluding hydrogens is 270 g/mol. The second-order valence-electron chi connectivity index (χ2n) is 4.73. The number of rotatable bonds is 6. The normalized spacial score (nSPS) is 16.0. The molecule has 1 heterocycles. The van der Waals surface area contributed by atoms with Crippen LogP contribution >= 0.6 is 0 Å². The maximum absolute atomic E-state index is 11.6. The fourth-order valence-electron chi connectivity index (χ4n) is 2.03. The molecule has 5 heteroatoms. The molecule has 0 bridgehead atoms. The summed E-state index contributed by atoms with van der Waals surface area (Å²) in [4.78, 5) is 13.8. The molecule has 0 aliphatic carbocycles. The number of carbonyl (C=O) groups is 1. The van der Waals surface area contributed by atoms with E-state index >= 15 is 0 Å². The van der Waals surface area contributed by atoms with E-state index in [-0.39, 0.29) is 5.97 Å². The van der Waals surface area contributed by atoms with Gasteiger partial charge in [0.25, 0.3) is 0 Å². The van der Waals surface area contributed by atoms with Crippen molar-refractivity contribution in [3.05, 3.63) is 35.9 Å². The molecule has 0 aromatic heterocycles.